The third kappa shape index (κ3) is 36.8. The summed E-state index contributed by atoms with van der Waals surface area (Å²) in [4.78, 5) is 25.9. The molecule has 0 radical (unpaired) electrons. The number of aliphatic hydroxyl groups excluding tert-OH is 2. The van der Waals surface area contributed by atoms with Gasteiger partial charge in [-0.1, -0.05) is 205 Å². The molecular formula is C47H87NO5. The maximum Gasteiger partial charge on any atom is 0.306 e. The molecule has 0 aliphatic carbocycles. The minimum absolute atomic E-state index is 0.0667. The average molecular weight is 746 g/mol. The van der Waals surface area contributed by atoms with Crippen molar-refractivity contribution in [3.63, 3.8) is 0 Å². The van der Waals surface area contributed by atoms with E-state index in [0.29, 0.717) is 19.3 Å². The maximum atomic E-state index is 13.1. The second-order valence-corrected chi connectivity index (χ2v) is 15.5. The fraction of sp³-hybridized carbons (Fsp3) is 0.830. The molecule has 310 valence electrons. The Kier molecular flexibility index (Phi) is 39.8. The average Bonchev–Trinajstić information content (AvgIpc) is 3.15. The van der Waals surface area contributed by atoms with E-state index >= 15 is 0 Å². The highest BCUT2D eigenvalue weighted by molar-refractivity contribution is 5.77. The van der Waals surface area contributed by atoms with Crippen LogP contribution in [0.5, 0.6) is 0 Å². The number of allylic oxidation sites excluding steroid dienone is 6. The van der Waals surface area contributed by atoms with Gasteiger partial charge in [0.25, 0.3) is 0 Å². The summed E-state index contributed by atoms with van der Waals surface area (Å²) in [6.07, 6.45) is 46.3. The van der Waals surface area contributed by atoms with E-state index in [1.54, 1.807) is 0 Å². The van der Waals surface area contributed by atoms with E-state index in [-0.39, 0.29) is 24.9 Å². The maximum absolute atomic E-state index is 13.1. The van der Waals surface area contributed by atoms with Crippen molar-refractivity contribution in [1.82, 2.24) is 5.32 Å². The first-order valence-electron chi connectivity index (χ1n) is 22.7. The molecule has 0 aromatic carbocycles. The van der Waals surface area contributed by atoms with E-state index < -0.39 is 18.2 Å². The van der Waals surface area contributed by atoms with Crippen molar-refractivity contribution < 1.29 is 24.5 Å². The molecule has 0 spiro atoms. The summed E-state index contributed by atoms with van der Waals surface area (Å²) in [6, 6.07) is -0.703. The standard InChI is InChI=1S/C47H87NO5/c1-4-7-10-13-16-19-21-23-24-27-29-32-35-38-43(53-47(52)40-37-34-31-28-25-22-20-17-14-11-8-5-2)41-46(51)48-44(42-49)45(50)39-36-33-30-26-18-15-12-9-6-3/h7,10,13,16,19,21,43-45,49-50H,4-6,8-9,11-12,14-15,17-18,20,22-42H2,1-3H3,(H,48,51)/b10-7+,16-13+,21-19+. The van der Waals surface area contributed by atoms with Crippen molar-refractivity contribution in [2.45, 2.75) is 244 Å². The molecule has 3 unspecified atom stereocenters. The number of hydrogen-bond donors (Lipinski definition) is 3. The van der Waals surface area contributed by atoms with E-state index in [2.05, 4.69) is 62.5 Å². The van der Waals surface area contributed by atoms with E-state index in [4.69, 9.17) is 4.74 Å². The van der Waals surface area contributed by atoms with Gasteiger partial charge in [0.2, 0.25) is 5.91 Å². The highest BCUT2D eigenvalue weighted by Crippen LogP contribution is 2.17. The van der Waals surface area contributed by atoms with Crippen LogP contribution in [0, 0.1) is 0 Å². The van der Waals surface area contributed by atoms with Crippen molar-refractivity contribution >= 4 is 11.9 Å². The van der Waals surface area contributed by atoms with Crippen molar-refractivity contribution in [2.24, 2.45) is 0 Å². The van der Waals surface area contributed by atoms with Crippen molar-refractivity contribution in [3.05, 3.63) is 36.5 Å². The SMILES string of the molecule is CC/C=C/C=C/C=C/CCCCCCCC(CC(=O)NC(CO)C(O)CCCCCCCCCCC)OC(=O)CCCCCCCCCCCCCC. The third-order valence-electron chi connectivity index (χ3n) is 10.3. The summed E-state index contributed by atoms with van der Waals surface area (Å²) < 4.78 is 5.89. The fourth-order valence-electron chi connectivity index (χ4n) is 6.84. The first kappa shape index (κ1) is 51.1. The van der Waals surface area contributed by atoms with Crippen LogP contribution in [0.2, 0.25) is 0 Å². The first-order chi connectivity index (χ1) is 26.0. The number of amides is 1. The minimum Gasteiger partial charge on any atom is -0.462 e. The van der Waals surface area contributed by atoms with Gasteiger partial charge in [0.15, 0.2) is 0 Å². The predicted molar refractivity (Wildman–Crippen MR) is 227 cm³/mol. The molecule has 6 nitrogen and oxygen atoms in total. The Labute approximate surface area is 328 Å². The lowest BCUT2D eigenvalue weighted by atomic mass is 10.0. The van der Waals surface area contributed by atoms with E-state index in [1.807, 2.05) is 0 Å². The molecule has 0 rings (SSSR count). The highest BCUT2D eigenvalue weighted by atomic mass is 16.5. The number of esters is 1. The normalized spacial score (nSPS) is 13.7. The quantitative estimate of drug-likeness (QED) is 0.0330. The molecule has 0 fully saturated rings. The van der Waals surface area contributed by atoms with Crippen LogP contribution in [0.1, 0.15) is 226 Å². The Balaban J connectivity index is 4.63. The third-order valence-corrected chi connectivity index (χ3v) is 10.3. The van der Waals surface area contributed by atoms with Crippen LogP contribution in [-0.4, -0.2) is 46.9 Å². The van der Waals surface area contributed by atoms with Crippen LogP contribution in [-0.2, 0) is 14.3 Å². The van der Waals surface area contributed by atoms with Crippen LogP contribution in [0.4, 0.5) is 0 Å². The van der Waals surface area contributed by atoms with Crippen LogP contribution in [0.15, 0.2) is 36.5 Å². The number of carbonyl (C=O) groups excluding carboxylic acids is 2. The lowest BCUT2D eigenvalue weighted by Crippen LogP contribution is -2.46. The summed E-state index contributed by atoms with van der Waals surface area (Å²) in [5.41, 5.74) is 0. The van der Waals surface area contributed by atoms with Gasteiger partial charge < -0.3 is 20.3 Å². The molecule has 0 aromatic rings. The van der Waals surface area contributed by atoms with Crippen LogP contribution < -0.4 is 5.32 Å². The summed E-state index contributed by atoms with van der Waals surface area (Å²) >= 11 is 0. The molecule has 3 atom stereocenters. The van der Waals surface area contributed by atoms with E-state index in [0.717, 1.165) is 83.5 Å². The van der Waals surface area contributed by atoms with Crippen LogP contribution in [0.3, 0.4) is 0 Å². The largest absolute Gasteiger partial charge is 0.462 e. The van der Waals surface area contributed by atoms with Gasteiger partial charge in [-0.15, -0.1) is 0 Å². The van der Waals surface area contributed by atoms with Crippen molar-refractivity contribution in [3.8, 4) is 0 Å². The Morgan fingerprint density at radius 3 is 1.53 bits per heavy atom. The number of aliphatic hydroxyl groups is 2. The topological polar surface area (TPSA) is 95.9 Å². The lowest BCUT2D eigenvalue weighted by Gasteiger charge is -2.24. The van der Waals surface area contributed by atoms with Gasteiger partial charge in [0.1, 0.15) is 6.10 Å². The predicted octanol–water partition coefficient (Wildman–Crippen LogP) is 12.9. The Bertz CT molecular complexity index is 884. The summed E-state index contributed by atoms with van der Waals surface area (Å²) in [6.45, 7) is 6.31. The van der Waals surface area contributed by atoms with Crippen molar-refractivity contribution in [1.29, 1.82) is 0 Å². The number of unbranched alkanes of at least 4 members (excludes halogenated alkanes) is 24. The lowest BCUT2D eigenvalue weighted by molar-refractivity contribution is -0.151. The highest BCUT2D eigenvalue weighted by Gasteiger charge is 2.24. The first-order valence-corrected chi connectivity index (χ1v) is 22.7. The number of nitrogens with one attached hydrogen (secondary N) is 1. The zero-order chi connectivity index (χ0) is 38.9. The summed E-state index contributed by atoms with van der Waals surface area (Å²) in [5.74, 6) is -0.491. The zero-order valence-corrected chi connectivity index (χ0v) is 35.1. The molecule has 53 heavy (non-hydrogen) atoms. The van der Waals surface area contributed by atoms with Gasteiger partial charge in [0, 0.05) is 6.42 Å². The fourth-order valence-corrected chi connectivity index (χ4v) is 6.84. The minimum atomic E-state index is -0.788. The molecule has 0 saturated heterocycles. The summed E-state index contributed by atoms with van der Waals surface area (Å²) in [5, 5.41) is 23.6. The molecule has 0 aliphatic heterocycles. The van der Waals surface area contributed by atoms with Crippen LogP contribution in [0.25, 0.3) is 0 Å². The van der Waals surface area contributed by atoms with Gasteiger partial charge in [-0.2, -0.15) is 0 Å². The Morgan fingerprint density at radius 1 is 0.566 bits per heavy atom. The number of hydrogen-bond acceptors (Lipinski definition) is 5. The molecular weight excluding hydrogens is 659 g/mol. The number of ether oxygens (including phenoxy) is 1. The second-order valence-electron chi connectivity index (χ2n) is 15.5. The van der Waals surface area contributed by atoms with Gasteiger partial charge in [-0.3, -0.25) is 9.59 Å². The van der Waals surface area contributed by atoms with Crippen molar-refractivity contribution in [2.75, 3.05) is 6.61 Å². The van der Waals surface area contributed by atoms with Gasteiger partial charge in [-0.25, -0.2) is 0 Å². The molecule has 0 aromatic heterocycles. The molecule has 0 bridgehead atoms. The molecule has 3 N–H and O–H groups in total. The van der Waals surface area contributed by atoms with E-state index in [9.17, 15) is 19.8 Å². The van der Waals surface area contributed by atoms with Crippen LogP contribution >= 0.6 is 0 Å². The smallest absolute Gasteiger partial charge is 0.306 e. The van der Waals surface area contributed by atoms with Gasteiger partial charge in [0.05, 0.1) is 25.2 Å². The number of carbonyl (C=O) groups is 2. The molecule has 1 amide bonds. The second kappa shape index (κ2) is 41.2. The summed E-state index contributed by atoms with van der Waals surface area (Å²) in [7, 11) is 0. The Hall–Kier alpha value is -1.92. The molecule has 0 heterocycles. The molecule has 0 aliphatic rings. The monoisotopic (exact) mass is 746 g/mol. The Morgan fingerprint density at radius 2 is 1.02 bits per heavy atom. The zero-order valence-electron chi connectivity index (χ0n) is 35.1. The van der Waals surface area contributed by atoms with Gasteiger partial charge in [-0.05, 0) is 44.9 Å². The molecule has 6 heteroatoms. The molecule has 0 saturated carbocycles. The van der Waals surface area contributed by atoms with Gasteiger partial charge >= 0.3 is 5.97 Å². The number of rotatable bonds is 40. The van der Waals surface area contributed by atoms with E-state index in [1.165, 1.54) is 96.3 Å².